The van der Waals surface area contributed by atoms with Gasteiger partial charge >= 0.3 is 0 Å². The summed E-state index contributed by atoms with van der Waals surface area (Å²) in [5.41, 5.74) is 0.910. The number of ether oxygens (including phenoxy) is 1. The predicted molar refractivity (Wildman–Crippen MR) is 80.3 cm³/mol. The van der Waals surface area contributed by atoms with Crippen molar-refractivity contribution in [1.29, 1.82) is 0 Å². The summed E-state index contributed by atoms with van der Waals surface area (Å²) in [5.74, 6) is 1.81. The number of nitrogens with one attached hydrogen (secondary N) is 1. The standard InChI is InChI=1S/C15H22N4O/c1-12-16-9-10-19(12)14-6-5-13(11-18-14)17-8-7-15(2,3)20-4/h5-6,9-11,17H,7-8H2,1-4H3. The summed E-state index contributed by atoms with van der Waals surface area (Å²) < 4.78 is 7.35. The Hall–Kier alpha value is -1.88. The average Bonchev–Trinajstić information content (AvgIpc) is 2.86. The zero-order valence-electron chi connectivity index (χ0n) is 12.6. The van der Waals surface area contributed by atoms with E-state index in [1.165, 1.54) is 0 Å². The Morgan fingerprint density at radius 2 is 2.10 bits per heavy atom. The van der Waals surface area contributed by atoms with Gasteiger partial charge in [-0.3, -0.25) is 4.57 Å². The van der Waals surface area contributed by atoms with Gasteiger partial charge in [-0.1, -0.05) is 0 Å². The molecule has 5 nitrogen and oxygen atoms in total. The maximum atomic E-state index is 5.39. The Kier molecular flexibility index (Phi) is 4.39. The topological polar surface area (TPSA) is 52.0 Å². The summed E-state index contributed by atoms with van der Waals surface area (Å²) in [6, 6.07) is 4.01. The molecule has 0 saturated heterocycles. The summed E-state index contributed by atoms with van der Waals surface area (Å²) in [5, 5.41) is 3.35. The van der Waals surface area contributed by atoms with E-state index in [4.69, 9.17) is 4.74 Å². The molecule has 0 spiro atoms. The highest BCUT2D eigenvalue weighted by atomic mass is 16.5. The number of imidazole rings is 1. The van der Waals surface area contributed by atoms with E-state index in [0.717, 1.165) is 30.3 Å². The molecule has 2 aromatic heterocycles. The van der Waals surface area contributed by atoms with Crippen molar-refractivity contribution < 1.29 is 4.74 Å². The minimum absolute atomic E-state index is 0.103. The van der Waals surface area contributed by atoms with E-state index in [-0.39, 0.29) is 5.60 Å². The maximum absolute atomic E-state index is 5.39. The Bertz CT molecular complexity index is 545. The molecule has 0 saturated carbocycles. The second kappa shape index (κ2) is 6.05. The highest BCUT2D eigenvalue weighted by Gasteiger charge is 2.15. The second-order valence-corrected chi connectivity index (χ2v) is 5.39. The van der Waals surface area contributed by atoms with Crippen LogP contribution in [0.25, 0.3) is 5.82 Å². The van der Waals surface area contributed by atoms with E-state index in [1.807, 2.05) is 36.0 Å². The number of aryl methyl sites for hydroxylation is 1. The molecule has 0 radical (unpaired) electrons. The third kappa shape index (κ3) is 3.57. The number of hydrogen-bond donors (Lipinski definition) is 1. The quantitative estimate of drug-likeness (QED) is 0.880. The molecule has 0 atom stereocenters. The highest BCUT2D eigenvalue weighted by molar-refractivity contribution is 5.43. The fraction of sp³-hybridized carbons (Fsp3) is 0.467. The Balaban J connectivity index is 1.94. The van der Waals surface area contributed by atoms with Gasteiger partial charge in [0.05, 0.1) is 17.5 Å². The first-order valence-electron chi connectivity index (χ1n) is 6.77. The third-order valence-electron chi connectivity index (χ3n) is 3.43. The van der Waals surface area contributed by atoms with E-state index in [2.05, 4.69) is 29.1 Å². The van der Waals surface area contributed by atoms with E-state index in [0.29, 0.717) is 0 Å². The lowest BCUT2D eigenvalue weighted by Gasteiger charge is -2.23. The summed E-state index contributed by atoms with van der Waals surface area (Å²) in [4.78, 5) is 8.64. The van der Waals surface area contributed by atoms with Crippen LogP contribution in [0.4, 0.5) is 5.69 Å². The van der Waals surface area contributed by atoms with Crippen LogP contribution < -0.4 is 5.32 Å². The van der Waals surface area contributed by atoms with Crippen LogP contribution in [0, 0.1) is 6.92 Å². The van der Waals surface area contributed by atoms with Crippen molar-refractivity contribution in [2.75, 3.05) is 19.0 Å². The lowest BCUT2D eigenvalue weighted by atomic mass is 10.1. The molecular weight excluding hydrogens is 252 g/mol. The molecule has 0 aliphatic rings. The third-order valence-corrected chi connectivity index (χ3v) is 3.43. The highest BCUT2D eigenvalue weighted by Crippen LogP contribution is 2.15. The Morgan fingerprint density at radius 1 is 1.30 bits per heavy atom. The summed E-state index contributed by atoms with van der Waals surface area (Å²) in [6.07, 6.45) is 6.46. The zero-order valence-corrected chi connectivity index (χ0v) is 12.6. The SMILES string of the molecule is COC(C)(C)CCNc1ccc(-n2ccnc2C)nc1. The molecule has 20 heavy (non-hydrogen) atoms. The monoisotopic (exact) mass is 274 g/mol. The van der Waals surface area contributed by atoms with Crippen LogP contribution in [0.1, 0.15) is 26.1 Å². The zero-order chi connectivity index (χ0) is 14.6. The van der Waals surface area contributed by atoms with Crippen LogP contribution in [-0.4, -0.2) is 33.8 Å². The van der Waals surface area contributed by atoms with Gasteiger partial charge in [-0.05, 0) is 39.3 Å². The van der Waals surface area contributed by atoms with E-state index in [9.17, 15) is 0 Å². The predicted octanol–water partition coefficient (Wildman–Crippen LogP) is 2.80. The first kappa shape index (κ1) is 14.5. The molecule has 0 aromatic carbocycles. The number of pyridine rings is 1. The Morgan fingerprint density at radius 3 is 2.65 bits per heavy atom. The molecule has 2 rings (SSSR count). The lowest BCUT2D eigenvalue weighted by Crippen LogP contribution is -2.25. The van der Waals surface area contributed by atoms with Gasteiger partial charge < -0.3 is 10.1 Å². The van der Waals surface area contributed by atoms with Gasteiger partial charge in [0.1, 0.15) is 11.6 Å². The fourth-order valence-electron chi connectivity index (χ4n) is 1.86. The van der Waals surface area contributed by atoms with Crippen LogP contribution in [0.5, 0.6) is 0 Å². The molecule has 2 aromatic rings. The van der Waals surface area contributed by atoms with Crippen LogP contribution >= 0.6 is 0 Å². The molecule has 0 unspecified atom stereocenters. The minimum Gasteiger partial charge on any atom is -0.384 e. The maximum Gasteiger partial charge on any atom is 0.138 e. The van der Waals surface area contributed by atoms with E-state index >= 15 is 0 Å². The van der Waals surface area contributed by atoms with Crippen molar-refractivity contribution in [1.82, 2.24) is 14.5 Å². The molecular formula is C15H22N4O. The molecule has 2 heterocycles. The van der Waals surface area contributed by atoms with Gasteiger partial charge in [0.2, 0.25) is 0 Å². The van der Waals surface area contributed by atoms with Crippen molar-refractivity contribution in [3.8, 4) is 5.82 Å². The van der Waals surface area contributed by atoms with Crippen LogP contribution in [-0.2, 0) is 4.74 Å². The summed E-state index contributed by atoms with van der Waals surface area (Å²) in [7, 11) is 1.74. The van der Waals surface area contributed by atoms with Gasteiger partial charge in [-0.25, -0.2) is 9.97 Å². The van der Waals surface area contributed by atoms with Gasteiger partial charge in [0.15, 0.2) is 0 Å². The average molecular weight is 274 g/mol. The van der Waals surface area contributed by atoms with Crippen LogP contribution in [0.2, 0.25) is 0 Å². The first-order valence-corrected chi connectivity index (χ1v) is 6.77. The van der Waals surface area contributed by atoms with Crippen molar-refractivity contribution in [2.45, 2.75) is 32.8 Å². The van der Waals surface area contributed by atoms with Gasteiger partial charge in [0.25, 0.3) is 0 Å². The molecule has 108 valence electrons. The van der Waals surface area contributed by atoms with Gasteiger partial charge in [0, 0.05) is 26.0 Å². The number of methoxy groups -OCH3 is 1. The molecule has 0 fully saturated rings. The Labute approximate surface area is 120 Å². The fourth-order valence-corrected chi connectivity index (χ4v) is 1.86. The molecule has 0 amide bonds. The smallest absolute Gasteiger partial charge is 0.138 e. The van der Waals surface area contributed by atoms with Crippen molar-refractivity contribution >= 4 is 5.69 Å². The van der Waals surface area contributed by atoms with Crippen molar-refractivity contribution in [3.63, 3.8) is 0 Å². The number of hydrogen-bond acceptors (Lipinski definition) is 4. The number of anilines is 1. The normalized spacial score (nSPS) is 11.6. The number of nitrogens with zero attached hydrogens (tertiary/aromatic N) is 3. The van der Waals surface area contributed by atoms with Crippen LogP contribution in [0.15, 0.2) is 30.7 Å². The minimum atomic E-state index is -0.103. The van der Waals surface area contributed by atoms with Crippen molar-refractivity contribution in [2.24, 2.45) is 0 Å². The molecule has 0 aliphatic carbocycles. The van der Waals surface area contributed by atoms with Gasteiger partial charge in [-0.15, -0.1) is 0 Å². The van der Waals surface area contributed by atoms with E-state index < -0.39 is 0 Å². The lowest BCUT2D eigenvalue weighted by molar-refractivity contribution is 0.0185. The molecule has 1 N–H and O–H groups in total. The summed E-state index contributed by atoms with van der Waals surface area (Å²) in [6.45, 7) is 6.97. The molecule has 0 bridgehead atoms. The van der Waals surface area contributed by atoms with Crippen molar-refractivity contribution in [3.05, 3.63) is 36.5 Å². The molecule has 5 heteroatoms. The molecule has 0 aliphatic heterocycles. The largest absolute Gasteiger partial charge is 0.384 e. The van der Waals surface area contributed by atoms with E-state index in [1.54, 1.807) is 13.3 Å². The van der Waals surface area contributed by atoms with Crippen LogP contribution in [0.3, 0.4) is 0 Å². The number of rotatable bonds is 6. The first-order chi connectivity index (χ1) is 9.52. The number of aromatic nitrogens is 3. The van der Waals surface area contributed by atoms with Gasteiger partial charge in [-0.2, -0.15) is 0 Å². The second-order valence-electron chi connectivity index (χ2n) is 5.39. The summed E-state index contributed by atoms with van der Waals surface area (Å²) >= 11 is 0.